The predicted octanol–water partition coefficient (Wildman–Crippen LogP) is 1.71. The minimum atomic E-state index is -0.850. The van der Waals surface area contributed by atoms with E-state index in [1.807, 2.05) is 35.2 Å². The summed E-state index contributed by atoms with van der Waals surface area (Å²) >= 11 is 0. The van der Waals surface area contributed by atoms with Gasteiger partial charge in [0, 0.05) is 18.7 Å². The molecule has 2 heterocycles. The molecule has 0 fully saturated rings. The van der Waals surface area contributed by atoms with E-state index in [4.69, 9.17) is 5.11 Å². The van der Waals surface area contributed by atoms with Crippen LogP contribution < -0.4 is 4.90 Å². The number of aromatic nitrogens is 3. The van der Waals surface area contributed by atoms with Crippen molar-refractivity contribution in [1.82, 2.24) is 14.8 Å². The summed E-state index contributed by atoms with van der Waals surface area (Å²) in [5, 5.41) is 17.6. The summed E-state index contributed by atoms with van der Waals surface area (Å²) in [5.41, 5.74) is 0.882. The summed E-state index contributed by atoms with van der Waals surface area (Å²) in [6, 6.07) is 9.56. The largest absolute Gasteiger partial charge is 0.480 e. The smallest absolute Gasteiger partial charge is 0.323 e. The van der Waals surface area contributed by atoms with Gasteiger partial charge in [-0.25, -0.2) is 0 Å². The molecule has 1 aliphatic heterocycles. The fourth-order valence-electron chi connectivity index (χ4n) is 2.70. The molecule has 1 aromatic heterocycles. The van der Waals surface area contributed by atoms with Gasteiger partial charge in [0.15, 0.2) is 5.82 Å². The molecule has 21 heavy (non-hydrogen) atoms. The fraction of sp³-hybridized carbons (Fsp3) is 0.400. The highest BCUT2D eigenvalue weighted by atomic mass is 16.4. The topological polar surface area (TPSA) is 71.2 Å². The van der Waals surface area contributed by atoms with Crippen LogP contribution in [0.25, 0.3) is 0 Å². The van der Waals surface area contributed by atoms with E-state index in [0.29, 0.717) is 6.54 Å². The Morgan fingerprint density at radius 3 is 2.81 bits per heavy atom. The Morgan fingerprint density at radius 1 is 1.24 bits per heavy atom. The van der Waals surface area contributed by atoms with Gasteiger partial charge in [0.25, 0.3) is 0 Å². The third kappa shape index (κ3) is 3.04. The third-order valence-corrected chi connectivity index (χ3v) is 3.72. The van der Waals surface area contributed by atoms with Crippen molar-refractivity contribution >= 4 is 11.7 Å². The SMILES string of the molecule is O=C(O)CN(Cc1nnc2n1CCCC2)c1ccccc1. The Kier molecular flexibility index (Phi) is 3.85. The van der Waals surface area contributed by atoms with Crippen molar-refractivity contribution < 1.29 is 9.90 Å². The highest BCUT2D eigenvalue weighted by Crippen LogP contribution is 2.19. The Balaban J connectivity index is 1.84. The van der Waals surface area contributed by atoms with Crippen LogP contribution >= 0.6 is 0 Å². The van der Waals surface area contributed by atoms with Crippen molar-refractivity contribution in [2.45, 2.75) is 32.4 Å². The van der Waals surface area contributed by atoms with Crippen LogP contribution in [0.15, 0.2) is 30.3 Å². The lowest BCUT2D eigenvalue weighted by Crippen LogP contribution is -2.30. The number of anilines is 1. The monoisotopic (exact) mass is 286 g/mol. The second-order valence-corrected chi connectivity index (χ2v) is 5.23. The first-order chi connectivity index (χ1) is 10.2. The number of para-hydroxylation sites is 1. The third-order valence-electron chi connectivity index (χ3n) is 3.72. The van der Waals surface area contributed by atoms with E-state index in [1.165, 1.54) is 0 Å². The molecule has 6 heteroatoms. The first-order valence-electron chi connectivity index (χ1n) is 7.17. The number of aryl methyl sites for hydroxylation is 1. The van der Waals surface area contributed by atoms with Crippen LogP contribution in [0.3, 0.4) is 0 Å². The number of carboxylic acids is 1. The van der Waals surface area contributed by atoms with E-state index in [-0.39, 0.29) is 6.54 Å². The van der Waals surface area contributed by atoms with Crippen LogP contribution in [0, 0.1) is 0 Å². The van der Waals surface area contributed by atoms with Gasteiger partial charge >= 0.3 is 5.97 Å². The van der Waals surface area contributed by atoms with Crippen molar-refractivity contribution in [1.29, 1.82) is 0 Å². The van der Waals surface area contributed by atoms with Gasteiger partial charge in [-0.15, -0.1) is 10.2 Å². The van der Waals surface area contributed by atoms with Crippen LogP contribution in [0.1, 0.15) is 24.5 Å². The van der Waals surface area contributed by atoms with Gasteiger partial charge in [0.1, 0.15) is 12.4 Å². The lowest BCUT2D eigenvalue weighted by molar-refractivity contribution is -0.135. The van der Waals surface area contributed by atoms with Crippen LogP contribution in [0.2, 0.25) is 0 Å². The highest BCUT2D eigenvalue weighted by molar-refractivity contribution is 5.73. The zero-order valence-electron chi connectivity index (χ0n) is 11.8. The molecule has 2 aromatic rings. The molecule has 1 aromatic carbocycles. The molecule has 0 unspecified atom stereocenters. The molecule has 6 nitrogen and oxygen atoms in total. The zero-order chi connectivity index (χ0) is 14.7. The normalized spacial score (nSPS) is 13.7. The molecule has 1 aliphatic rings. The average Bonchev–Trinajstić information content (AvgIpc) is 2.90. The molecule has 0 saturated heterocycles. The van der Waals surface area contributed by atoms with E-state index in [0.717, 1.165) is 43.1 Å². The molecule has 0 saturated carbocycles. The number of benzene rings is 1. The van der Waals surface area contributed by atoms with Gasteiger partial charge < -0.3 is 14.6 Å². The van der Waals surface area contributed by atoms with E-state index < -0.39 is 5.97 Å². The van der Waals surface area contributed by atoms with Crippen molar-refractivity contribution in [2.75, 3.05) is 11.4 Å². The Morgan fingerprint density at radius 2 is 2.05 bits per heavy atom. The molecule has 0 amide bonds. The van der Waals surface area contributed by atoms with Gasteiger partial charge in [-0.2, -0.15) is 0 Å². The van der Waals surface area contributed by atoms with Crippen LogP contribution in [0.4, 0.5) is 5.69 Å². The van der Waals surface area contributed by atoms with Crippen LogP contribution in [-0.4, -0.2) is 32.4 Å². The maximum Gasteiger partial charge on any atom is 0.323 e. The molecule has 0 radical (unpaired) electrons. The molecular weight excluding hydrogens is 268 g/mol. The molecule has 0 aliphatic carbocycles. The number of nitrogens with zero attached hydrogens (tertiary/aromatic N) is 4. The van der Waals surface area contributed by atoms with Crippen LogP contribution in [0.5, 0.6) is 0 Å². The number of carboxylic acid groups (broad SMARTS) is 1. The highest BCUT2D eigenvalue weighted by Gasteiger charge is 2.19. The summed E-state index contributed by atoms with van der Waals surface area (Å²) in [5.74, 6) is 1.01. The number of rotatable bonds is 5. The summed E-state index contributed by atoms with van der Waals surface area (Å²) < 4.78 is 2.13. The number of carbonyl (C=O) groups is 1. The summed E-state index contributed by atoms with van der Waals surface area (Å²) in [7, 11) is 0. The first kappa shape index (κ1) is 13.6. The maximum atomic E-state index is 11.1. The molecular formula is C15H18N4O2. The first-order valence-corrected chi connectivity index (χ1v) is 7.17. The van der Waals surface area contributed by atoms with Gasteiger partial charge in [-0.1, -0.05) is 18.2 Å². The van der Waals surface area contributed by atoms with Gasteiger partial charge in [0.2, 0.25) is 0 Å². The van der Waals surface area contributed by atoms with Gasteiger partial charge in [0.05, 0.1) is 6.54 Å². The molecule has 0 atom stereocenters. The van der Waals surface area contributed by atoms with E-state index >= 15 is 0 Å². The Labute approximate surface area is 123 Å². The summed E-state index contributed by atoms with van der Waals surface area (Å²) in [4.78, 5) is 12.9. The lowest BCUT2D eigenvalue weighted by atomic mass is 10.1. The van der Waals surface area contributed by atoms with Gasteiger partial charge in [-0.05, 0) is 25.0 Å². The van der Waals surface area contributed by atoms with E-state index in [9.17, 15) is 4.79 Å². The lowest BCUT2D eigenvalue weighted by Gasteiger charge is -2.23. The van der Waals surface area contributed by atoms with Crippen molar-refractivity contribution in [3.8, 4) is 0 Å². The number of fused-ring (bicyclic) bond motifs is 1. The zero-order valence-corrected chi connectivity index (χ0v) is 11.8. The number of aliphatic carboxylic acids is 1. The Hall–Kier alpha value is -2.37. The molecule has 110 valence electrons. The van der Waals surface area contributed by atoms with Crippen molar-refractivity contribution in [3.05, 3.63) is 42.0 Å². The number of hydrogen-bond donors (Lipinski definition) is 1. The van der Waals surface area contributed by atoms with E-state index in [1.54, 1.807) is 0 Å². The molecule has 3 rings (SSSR count). The summed E-state index contributed by atoms with van der Waals surface area (Å²) in [6.07, 6.45) is 3.23. The molecule has 0 bridgehead atoms. The second-order valence-electron chi connectivity index (χ2n) is 5.23. The maximum absolute atomic E-state index is 11.1. The minimum absolute atomic E-state index is 0.0494. The minimum Gasteiger partial charge on any atom is -0.480 e. The quantitative estimate of drug-likeness (QED) is 0.906. The van der Waals surface area contributed by atoms with Crippen LogP contribution in [-0.2, 0) is 24.3 Å². The van der Waals surface area contributed by atoms with Gasteiger partial charge in [-0.3, -0.25) is 4.79 Å². The standard InChI is InChI=1S/C15H18N4O2/c20-15(21)11-18(12-6-2-1-3-7-12)10-14-17-16-13-8-4-5-9-19(13)14/h1-3,6-7H,4-5,8-11H2,(H,20,21). The average molecular weight is 286 g/mol. The molecule has 0 spiro atoms. The van der Waals surface area contributed by atoms with Crippen molar-refractivity contribution in [2.24, 2.45) is 0 Å². The van der Waals surface area contributed by atoms with E-state index in [2.05, 4.69) is 14.8 Å². The van der Waals surface area contributed by atoms with Crippen molar-refractivity contribution in [3.63, 3.8) is 0 Å². The summed E-state index contributed by atoms with van der Waals surface area (Å²) in [6.45, 7) is 1.34. The fourth-order valence-corrected chi connectivity index (χ4v) is 2.70. The predicted molar refractivity (Wildman–Crippen MR) is 78.1 cm³/mol. The Bertz CT molecular complexity index is 624. The molecule has 1 N–H and O–H groups in total. The second kappa shape index (κ2) is 5.95. The number of hydrogen-bond acceptors (Lipinski definition) is 4.